The molecule has 0 spiro atoms. The first-order valence-corrected chi connectivity index (χ1v) is 5.98. The first-order chi connectivity index (χ1) is 7.50. The predicted octanol–water partition coefficient (Wildman–Crippen LogP) is 2.66. The molecule has 0 bridgehead atoms. The van der Waals surface area contributed by atoms with Crippen molar-refractivity contribution in [2.24, 2.45) is 5.92 Å². The van der Waals surface area contributed by atoms with Gasteiger partial charge in [-0.1, -0.05) is 43.7 Å². The van der Waals surface area contributed by atoms with Crippen LogP contribution in [0.1, 0.15) is 38.0 Å². The van der Waals surface area contributed by atoms with E-state index >= 15 is 0 Å². The molecule has 0 saturated carbocycles. The molecule has 0 aliphatic carbocycles. The molecule has 0 aliphatic rings. The summed E-state index contributed by atoms with van der Waals surface area (Å²) in [5.41, 5.74) is 2.18. The van der Waals surface area contributed by atoms with Crippen LogP contribution >= 0.6 is 0 Å². The van der Waals surface area contributed by atoms with Crippen LogP contribution in [0.5, 0.6) is 0 Å². The van der Waals surface area contributed by atoms with E-state index in [-0.39, 0.29) is 0 Å². The Balaban J connectivity index is 2.49. The molecule has 16 heavy (non-hydrogen) atoms. The van der Waals surface area contributed by atoms with Crippen molar-refractivity contribution in [2.75, 3.05) is 6.54 Å². The fraction of sp³-hybridized carbons (Fsp3) is 0.571. The van der Waals surface area contributed by atoms with Crippen molar-refractivity contribution in [1.82, 2.24) is 5.32 Å². The Bertz CT molecular complexity index is 322. The molecule has 0 heterocycles. The van der Waals surface area contributed by atoms with Crippen molar-refractivity contribution in [3.05, 3.63) is 35.4 Å². The van der Waals surface area contributed by atoms with Crippen LogP contribution in [0.2, 0.25) is 0 Å². The van der Waals surface area contributed by atoms with Gasteiger partial charge in [0, 0.05) is 12.6 Å². The molecule has 2 nitrogen and oxygen atoms in total. The van der Waals surface area contributed by atoms with E-state index in [9.17, 15) is 5.11 Å². The van der Waals surface area contributed by atoms with E-state index in [0.29, 0.717) is 18.5 Å². The molecule has 1 aromatic rings. The summed E-state index contributed by atoms with van der Waals surface area (Å²) in [5.74, 6) is 0.588. The van der Waals surface area contributed by atoms with Gasteiger partial charge in [0.2, 0.25) is 0 Å². The van der Waals surface area contributed by atoms with Gasteiger partial charge in [-0.2, -0.15) is 0 Å². The van der Waals surface area contributed by atoms with Gasteiger partial charge in [-0.05, 0) is 25.3 Å². The van der Waals surface area contributed by atoms with E-state index in [1.807, 2.05) is 31.2 Å². The zero-order valence-corrected chi connectivity index (χ0v) is 10.7. The Morgan fingerprint density at radius 3 is 2.50 bits per heavy atom. The third-order valence-corrected chi connectivity index (χ3v) is 3.06. The number of hydrogen-bond acceptors (Lipinski definition) is 2. The molecule has 2 heteroatoms. The van der Waals surface area contributed by atoms with Crippen LogP contribution in [-0.4, -0.2) is 17.7 Å². The van der Waals surface area contributed by atoms with Gasteiger partial charge in [0.05, 0.1) is 6.10 Å². The monoisotopic (exact) mass is 221 g/mol. The fourth-order valence-electron chi connectivity index (χ4n) is 1.53. The predicted molar refractivity (Wildman–Crippen MR) is 68.4 cm³/mol. The van der Waals surface area contributed by atoms with Gasteiger partial charge < -0.3 is 10.4 Å². The Kier molecular flexibility index (Phi) is 4.97. The lowest BCUT2D eigenvalue weighted by Crippen LogP contribution is -2.34. The largest absolute Gasteiger partial charge is 0.387 e. The minimum Gasteiger partial charge on any atom is -0.387 e. The number of benzene rings is 1. The Morgan fingerprint density at radius 2 is 1.94 bits per heavy atom. The fourth-order valence-corrected chi connectivity index (χ4v) is 1.53. The van der Waals surface area contributed by atoms with Gasteiger partial charge in [0.1, 0.15) is 0 Å². The lowest BCUT2D eigenvalue weighted by molar-refractivity contribution is 0.167. The highest BCUT2D eigenvalue weighted by Crippen LogP contribution is 2.14. The normalized spacial score (nSPS) is 15.1. The number of aliphatic hydroxyl groups is 1. The van der Waals surface area contributed by atoms with Crippen molar-refractivity contribution in [3.63, 3.8) is 0 Å². The van der Waals surface area contributed by atoms with Crippen LogP contribution < -0.4 is 5.32 Å². The van der Waals surface area contributed by atoms with Gasteiger partial charge in [0.25, 0.3) is 0 Å². The summed E-state index contributed by atoms with van der Waals surface area (Å²) in [6.07, 6.45) is -0.416. The smallest absolute Gasteiger partial charge is 0.0914 e. The quantitative estimate of drug-likeness (QED) is 0.801. The highest BCUT2D eigenvalue weighted by Gasteiger charge is 2.11. The molecule has 90 valence electrons. The molecule has 0 fully saturated rings. The highest BCUT2D eigenvalue weighted by atomic mass is 16.3. The lowest BCUT2D eigenvalue weighted by Gasteiger charge is -2.20. The molecule has 2 N–H and O–H groups in total. The van der Waals surface area contributed by atoms with Crippen molar-refractivity contribution in [3.8, 4) is 0 Å². The number of nitrogens with one attached hydrogen (secondary N) is 1. The van der Waals surface area contributed by atoms with E-state index in [1.165, 1.54) is 5.56 Å². The summed E-state index contributed by atoms with van der Waals surface area (Å²) < 4.78 is 0. The molecule has 1 rings (SSSR count). The van der Waals surface area contributed by atoms with Crippen molar-refractivity contribution in [1.29, 1.82) is 0 Å². The van der Waals surface area contributed by atoms with Gasteiger partial charge >= 0.3 is 0 Å². The van der Waals surface area contributed by atoms with E-state index in [4.69, 9.17) is 0 Å². The molecule has 0 aliphatic heterocycles. The number of aryl methyl sites for hydroxylation is 1. The van der Waals surface area contributed by atoms with E-state index in [0.717, 1.165) is 5.56 Å². The second-order valence-electron chi connectivity index (χ2n) is 4.87. The summed E-state index contributed by atoms with van der Waals surface area (Å²) in [4.78, 5) is 0. The second kappa shape index (κ2) is 6.02. The van der Waals surface area contributed by atoms with Crippen LogP contribution in [0.25, 0.3) is 0 Å². The molecular weight excluding hydrogens is 198 g/mol. The molecule has 0 amide bonds. The van der Waals surface area contributed by atoms with Crippen molar-refractivity contribution < 1.29 is 5.11 Å². The number of hydrogen-bond donors (Lipinski definition) is 2. The molecule has 0 saturated heterocycles. The number of rotatable bonds is 5. The summed E-state index contributed by atoms with van der Waals surface area (Å²) in [5, 5.41) is 13.4. The third-order valence-electron chi connectivity index (χ3n) is 3.06. The average Bonchev–Trinajstić information content (AvgIpc) is 2.25. The maximum Gasteiger partial charge on any atom is 0.0914 e. The summed E-state index contributed by atoms with van der Waals surface area (Å²) in [7, 11) is 0. The standard InChI is InChI=1S/C14H23NO/c1-10(2)12(4)15-9-14(16)13-7-5-6-11(3)8-13/h5-8,10,12,14-16H,9H2,1-4H3. The molecule has 1 aromatic carbocycles. The Hall–Kier alpha value is -0.860. The summed E-state index contributed by atoms with van der Waals surface area (Å²) in [6, 6.07) is 8.46. The van der Waals surface area contributed by atoms with Crippen LogP contribution in [0.3, 0.4) is 0 Å². The highest BCUT2D eigenvalue weighted by molar-refractivity contribution is 5.24. The SMILES string of the molecule is Cc1cccc(C(O)CNC(C)C(C)C)c1. The van der Waals surface area contributed by atoms with Crippen molar-refractivity contribution in [2.45, 2.75) is 39.8 Å². The second-order valence-corrected chi connectivity index (χ2v) is 4.87. The average molecular weight is 221 g/mol. The maximum atomic E-state index is 10.0. The maximum absolute atomic E-state index is 10.0. The van der Waals surface area contributed by atoms with Crippen LogP contribution in [0, 0.1) is 12.8 Å². The van der Waals surface area contributed by atoms with Gasteiger partial charge in [0.15, 0.2) is 0 Å². The third kappa shape index (κ3) is 3.95. The summed E-state index contributed by atoms with van der Waals surface area (Å²) >= 11 is 0. The topological polar surface area (TPSA) is 32.3 Å². The zero-order valence-electron chi connectivity index (χ0n) is 10.7. The van der Waals surface area contributed by atoms with Gasteiger partial charge in [-0.15, -0.1) is 0 Å². The van der Waals surface area contributed by atoms with Gasteiger partial charge in [-0.25, -0.2) is 0 Å². The molecule has 2 atom stereocenters. The van der Waals surface area contributed by atoms with Crippen molar-refractivity contribution >= 4 is 0 Å². The first kappa shape index (κ1) is 13.2. The minimum absolute atomic E-state index is 0.416. The van der Waals surface area contributed by atoms with Crippen LogP contribution in [-0.2, 0) is 0 Å². The zero-order chi connectivity index (χ0) is 12.1. The van der Waals surface area contributed by atoms with E-state index in [2.05, 4.69) is 26.1 Å². The first-order valence-electron chi connectivity index (χ1n) is 5.98. The van der Waals surface area contributed by atoms with Crippen LogP contribution in [0.15, 0.2) is 24.3 Å². The van der Waals surface area contributed by atoms with Crippen LogP contribution in [0.4, 0.5) is 0 Å². The molecule has 0 aromatic heterocycles. The minimum atomic E-state index is -0.416. The summed E-state index contributed by atoms with van der Waals surface area (Å²) in [6.45, 7) is 9.16. The van der Waals surface area contributed by atoms with Gasteiger partial charge in [-0.3, -0.25) is 0 Å². The Labute approximate surface area is 98.7 Å². The Morgan fingerprint density at radius 1 is 1.25 bits per heavy atom. The molecule has 2 unspecified atom stereocenters. The van der Waals surface area contributed by atoms with E-state index < -0.39 is 6.10 Å². The lowest BCUT2D eigenvalue weighted by atomic mass is 10.0. The molecule has 0 radical (unpaired) electrons. The van der Waals surface area contributed by atoms with E-state index in [1.54, 1.807) is 0 Å². The number of aliphatic hydroxyl groups excluding tert-OH is 1. The molecular formula is C14H23NO.